The van der Waals surface area contributed by atoms with E-state index in [-0.39, 0.29) is 12.4 Å². The number of ether oxygens (including phenoxy) is 1. The van der Waals surface area contributed by atoms with Gasteiger partial charge >= 0.3 is 0 Å². The molecule has 3 heteroatoms. The van der Waals surface area contributed by atoms with Crippen LogP contribution >= 0.6 is 0 Å². The topological polar surface area (TPSA) is 52.3 Å². The van der Waals surface area contributed by atoms with Crippen molar-refractivity contribution in [3.8, 4) is 5.75 Å². The quantitative estimate of drug-likeness (QED) is 0.685. The van der Waals surface area contributed by atoms with Crippen LogP contribution in [0.5, 0.6) is 5.75 Å². The lowest BCUT2D eigenvalue weighted by Gasteiger charge is -2.02. The van der Waals surface area contributed by atoms with E-state index in [0.29, 0.717) is 11.4 Å². The van der Waals surface area contributed by atoms with E-state index in [1.165, 1.54) is 6.92 Å². The molecular weight excluding hydrogens is 154 g/mol. The molecule has 12 heavy (non-hydrogen) atoms. The average molecular weight is 165 g/mol. The lowest BCUT2D eigenvalue weighted by molar-refractivity contribution is -0.118. The van der Waals surface area contributed by atoms with Crippen LogP contribution in [0.25, 0.3) is 0 Å². The number of benzene rings is 1. The second-order valence-electron chi connectivity index (χ2n) is 2.56. The maximum Gasteiger partial charge on any atom is 0.167 e. The molecule has 0 radical (unpaired) electrons. The molecule has 64 valence electrons. The van der Waals surface area contributed by atoms with Crippen molar-refractivity contribution in [2.45, 2.75) is 6.92 Å². The molecule has 1 aromatic carbocycles. The van der Waals surface area contributed by atoms with Crippen molar-refractivity contribution >= 4 is 11.5 Å². The van der Waals surface area contributed by atoms with E-state index >= 15 is 0 Å². The molecule has 0 aliphatic carbocycles. The normalized spacial score (nSPS) is 9.42. The van der Waals surface area contributed by atoms with Gasteiger partial charge in [-0.3, -0.25) is 4.79 Å². The number of carbonyl (C=O) groups excluding carboxylic acids is 1. The molecule has 0 bridgehead atoms. The lowest BCUT2D eigenvalue weighted by Crippen LogP contribution is -2.06. The van der Waals surface area contributed by atoms with Gasteiger partial charge in [0, 0.05) is 5.69 Å². The van der Waals surface area contributed by atoms with E-state index in [9.17, 15) is 4.79 Å². The Kier molecular flexibility index (Phi) is 2.69. The van der Waals surface area contributed by atoms with Crippen molar-refractivity contribution in [3.05, 3.63) is 24.3 Å². The van der Waals surface area contributed by atoms with Gasteiger partial charge < -0.3 is 10.5 Å². The number of nitrogens with two attached hydrogens (primary N) is 1. The minimum Gasteiger partial charge on any atom is -0.486 e. The van der Waals surface area contributed by atoms with Gasteiger partial charge in [0.2, 0.25) is 0 Å². The number of ketones is 1. The largest absolute Gasteiger partial charge is 0.486 e. The minimum atomic E-state index is 0.00632. The first kappa shape index (κ1) is 8.59. The first-order valence-corrected chi connectivity index (χ1v) is 3.66. The summed E-state index contributed by atoms with van der Waals surface area (Å²) in [6.45, 7) is 1.60. The predicted octanol–water partition coefficient (Wildman–Crippen LogP) is 1.24. The highest BCUT2D eigenvalue weighted by atomic mass is 16.5. The first-order valence-electron chi connectivity index (χ1n) is 3.66. The first-order chi connectivity index (χ1) is 5.68. The van der Waals surface area contributed by atoms with Crippen LogP contribution in [0.1, 0.15) is 6.92 Å². The van der Waals surface area contributed by atoms with Crippen LogP contribution < -0.4 is 10.5 Å². The number of carbonyl (C=O) groups is 1. The zero-order chi connectivity index (χ0) is 8.97. The summed E-state index contributed by atoms with van der Waals surface area (Å²) in [7, 11) is 0. The highest BCUT2D eigenvalue weighted by Crippen LogP contribution is 2.12. The van der Waals surface area contributed by atoms with E-state index in [1.807, 2.05) is 0 Å². The summed E-state index contributed by atoms with van der Waals surface area (Å²) in [5, 5.41) is 0. The third-order valence-electron chi connectivity index (χ3n) is 1.32. The number of hydrogen-bond donors (Lipinski definition) is 1. The molecule has 0 aromatic heterocycles. The Hall–Kier alpha value is -1.51. The van der Waals surface area contributed by atoms with Crippen molar-refractivity contribution < 1.29 is 9.53 Å². The maximum atomic E-state index is 10.5. The molecule has 0 spiro atoms. The molecule has 0 heterocycles. The number of anilines is 1. The molecule has 0 amide bonds. The second kappa shape index (κ2) is 3.76. The van der Waals surface area contributed by atoms with Crippen LogP contribution in [-0.4, -0.2) is 12.4 Å². The molecule has 0 atom stereocenters. The molecule has 2 N–H and O–H groups in total. The van der Waals surface area contributed by atoms with Gasteiger partial charge in [-0.25, -0.2) is 0 Å². The van der Waals surface area contributed by atoms with E-state index in [4.69, 9.17) is 10.5 Å². The van der Waals surface area contributed by atoms with E-state index in [1.54, 1.807) is 24.3 Å². The highest BCUT2D eigenvalue weighted by molar-refractivity contribution is 5.77. The van der Waals surface area contributed by atoms with Crippen molar-refractivity contribution in [2.75, 3.05) is 12.3 Å². The van der Waals surface area contributed by atoms with E-state index < -0.39 is 0 Å². The molecule has 0 saturated carbocycles. The summed E-state index contributed by atoms with van der Waals surface area (Å²) in [6.07, 6.45) is 0. The summed E-state index contributed by atoms with van der Waals surface area (Å²) in [5.74, 6) is 0.672. The monoisotopic (exact) mass is 165 g/mol. The van der Waals surface area contributed by atoms with Crippen molar-refractivity contribution in [3.63, 3.8) is 0 Å². The molecule has 3 nitrogen and oxygen atoms in total. The Labute approximate surface area is 71.1 Å². The Morgan fingerprint density at radius 2 is 2.00 bits per heavy atom. The van der Waals surface area contributed by atoms with Crippen LogP contribution in [0.3, 0.4) is 0 Å². The third kappa shape index (κ3) is 2.62. The molecule has 1 aromatic rings. The Morgan fingerprint density at radius 1 is 1.42 bits per heavy atom. The third-order valence-corrected chi connectivity index (χ3v) is 1.32. The molecular formula is C9H11NO2. The molecule has 0 fully saturated rings. The highest BCUT2D eigenvalue weighted by Gasteiger charge is 1.95. The number of hydrogen-bond acceptors (Lipinski definition) is 3. The van der Waals surface area contributed by atoms with Gasteiger partial charge in [0.25, 0.3) is 0 Å². The summed E-state index contributed by atoms with van der Waals surface area (Å²) in [6, 6.07) is 6.93. The smallest absolute Gasteiger partial charge is 0.167 e. The Morgan fingerprint density at radius 3 is 2.50 bits per heavy atom. The molecule has 0 unspecified atom stereocenters. The van der Waals surface area contributed by atoms with Crippen LogP contribution in [-0.2, 0) is 4.79 Å². The fraction of sp³-hybridized carbons (Fsp3) is 0.222. The standard InChI is InChI=1S/C9H11NO2/c1-7(11)6-12-9-4-2-8(10)3-5-9/h2-5H,6,10H2,1H3. The molecule has 0 aliphatic heterocycles. The van der Waals surface area contributed by atoms with E-state index in [0.717, 1.165) is 0 Å². The van der Waals surface area contributed by atoms with Gasteiger partial charge in [0.1, 0.15) is 12.4 Å². The van der Waals surface area contributed by atoms with Gasteiger partial charge in [-0.1, -0.05) is 0 Å². The molecule has 0 aliphatic rings. The van der Waals surface area contributed by atoms with Gasteiger partial charge in [0.15, 0.2) is 5.78 Å². The van der Waals surface area contributed by atoms with Gasteiger partial charge in [-0.05, 0) is 31.2 Å². The van der Waals surface area contributed by atoms with Gasteiger partial charge in [-0.15, -0.1) is 0 Å². The predicted molar refractivity (Wildman–Crippen MR) is 47.0 cm³/mol. The van der Waals surface area contributed by atoms with Crippen molar-refractivity contribution in [1.82, 2.24) is 0 Å². The van der Waals surface area contributed by atoms with Crippen molar-refractivity contribution in [1.29, 1.82) is 0 Å². The zero-order valence-corrected chi connectivity index (χ0v) is 6.91. The summed E-state index contributed by atoms with van der Waals surface area (Å²) >= 11 is 0. The van der Waals surface area contributed by atoms with Crippen molar-refractivity contribution in [2.24, 2.45) is 0 Å². The minimum absolute atomic E-state index is 0.00632. The maximum absolute atomic E-state index is 10.5. The molecule has 0 saturated heterocycles. The number of Topliss-reactive ketones (excluding diaryl/α,β-unsaturated/α-hetero) is 1. The Bertz CT molecular complexity index is 266. The van der Waals surface area contributed by atoms with Crippen LogP contribution in [0.2, 0.25) is 0 Å². The second-order valence-corrected chi connectivity index (χ2v) is 2.56. The SMILES string of the molecule is CC(=O)COc1ccc(N)cc1. The average Bonchev–Trinajstić information content (AvgIpc) is 2.03. The lowest BCUT2D eigenvalue weighted by atomic mass is 10.3. The number of nitrogen functional groups attached to an aromatic ring is 1. The fourth-order valence-electron chi connectivity index (χ4n) is 0.749. The van der Waals surface area contributed by atoms with Crippen LogP contribution in [0.4, 0.5) is 5.69 Å². The van der Waals surface area contributed by atoms with Gasteiger partial charge in [0.05, 0.1) is 0 Å². The summed E-state index contributed by atoms with van der Waals surface area (Å²) in [4.78, 5) is 10.5. The zero-order valence-electron chi connectivity index (χ0n) is 6.91. The summed E-state index contributed by atoms with van der Waals surface area (Å²) < 4.78 is 5.12. The molecule has 1 rings (SSSR count). The van der Waals surface area contributed by atoms with Gasteiger partial charge in [-0.2, -0.15) is 0 Å². The fourth-order valence-corrected chi connectivity index (χ4v) is 0.749. The van der Waals surface area contributed by atoms with Crippen LogP contribution in [0, 0.1) is 0 Å². The Balaban J connectivity index is 2.53. The number of rotatable bonds is 3. The summed E-state index contributed by atoms with van der Waals surface area (Å²) in [5.41, 5.74) is 6.15. The van der Waals surface area contributed by atoms with E-state index in [2.05, 4.69) is 0 Å². The van der Waals surface area contributed by atoms with Crippen LogP contribution in [0.15, 0.2) is 24.3 Å².